The van der Waals surface area contributed by atoms with Crippen molar-refractivity contribution in [2.75, 3.05) is 11.4 Å². The van der Waals surface area contributed by atoms with E-state index < -0.39 is 6.10 Å². The molecule has 8 nitrogen and oxygen atoms in total. The Morgan fingerprint density at radius 3 is 2.76 bits per heavy atom. The highest BCUT2D eigenvalue weighted by Crippen LogP contribution is 2.21. The van der Waals surface area contributed by atoms with E-state index in [1.54, 1.807) is 24.5 Å². The molecular formula is C17H16N6O2. The molecule has 4 aromatic rings. The molecule has 1 N–H and O–H groups in total. The van der Waals surface area contributed by atoms with E-state index in [2.05, 4.69) is 20.6 Å². The number of benzene rings is 1. The van der Waals surface area contributed by atoms with Crippen LogP contribution < -0.4 is 4.90 Å². The molecule has 0 saturated carbocycles. The lowest BCUT2D eigenvalue weighted by atomic mass is 10.2. The van der Waals surface area contributed by atoms with Crippen molar-refractivity contribution in [2.24, 2.45) is 0 Å². The van der Waals surface area contributed by atoms with Crippen LogP contribution in [-0.4, -0.2) is 36.9 Å². The Balaban J connectivity index is 1.64. The van der Waals surface area contributed by atoms with E-state index in [1.165, 1.54) is 4.63 Å². The van der Waals surface area contributed by atoms with Gasteiger partial charge in [-0.25, -0.2) is 0 Å². The summed E-state index contributed by atoms with van der Waals surface area (Å²) in [5, 5.41) is 26.2. The molecule has 4 rings (SSSR count). The first kappa shape index (κ1) is 15.3. The molecule has 8 heteroatoms. The fourth-order valence-corrected chi connectivity index (χ4v) is 2.63. The lowest BCUT2D eigenvalue weighted by Crippen LogP contribution is -2.29. The zero-order valence-corrected chi connectivity index (χ0v) is 13.3. The summed E-state index contributed by atoms with van der Waals surface area (Å²) in [6.45, 7) is 0.905. The molecule has 3 aromatic heterocycles. The second-order valence-corrected chi connectivity index (χ2v) is 5.62. The van der Waals surface area contributed by atoms with Crippen LogP contribution in [-0.2, 0) is 6.54 Å². The quantitative estimate of drug-likeness (QED) is 0.574. The van der Waals surface area contributed by atoms with E-state index in [4.69, 9.17) is 4.42 Å². The Bertz CT molecular complexity index is 938. The molecule has 1 aromatic carbocycles. The summed E-state index contributed by atoms with van der Waals surface area (Å²) in [6, 6.07) is 17.1. The van der Waals surface area contributed by atoms with Crippen LogP contribution in [0, 0.1) is 0 Å². The summed E-state index contributed by atoms with van der Waals surface area (Å²) in [4.78, 5) is 1.96. The molecule has 25 heavy (non-hydrogen) atoms. The van der Waals surface area contributed by atoms with Gasteiger partial charge in [-0.15, -0.1) is 14.8 Å². The highest BCUT2D eigenvalue weighted by Gasteiger charge is 2.18. The van der Waals surface area contributed by atoms with Crippen molar-refractivity contribution in [1.29, 1.82) is 0 Å². The van der Waals surface area contributed by atoms with Gasteiger partial charge in [-0.05, 0) is 40.3 Å². The van der Waals surface area contributed by atoms with E-state index in [0.717, 1.165) is 5.56 Å². The van der Waals surface area contributed by atoms with E-state index in [9.17, 15) is 5.11 Å². The van der Waals surface area contributed by atoms with Gasteiger partial charge in [-0.1, -0.05) is 30.3 Å². The number of aliphatic hydroxyl groups is 1. The zero-order chi connectivity index (χ0) is 17.1. The van der Waals surface area contributed by atoms with Crippen LogP contribution in [0.15, 0.2) is 65.3 Å². The van der Waals surface area contributed by atoms with Gasteiger partial charge in [0.15, 0.2) is 11.5 Å². The van der Waals surface area contributed by atoms with Crippen LogP contribution in [0.25, 0.3) is 5.65 Å². The SMILES string of the molecule is OC(CN(Cc1ccccc1)c1ccc2nnnn2n1)c1ccco1. The van der Waals surface area contributed by atoms with Crippen LogP contribution in [0.2, 0.25) is 0 Å². The van der Waals surface area contributed by atoms with E-state index in [0.29, 0.717) is 30.3 Å². The lowest BCUT2D eigenvalue weighted by molar-refractivity contribution is 0.154. The number of nitrogens with zero attached hydrogens (tertiary/aromatic N) is 6. The molecule has 0 fully saturated rings. The molecule has 0 radical (unpaired) electrons. The largest absolute Gasteiger partial charge is 0.467 e. The smallest absolute Gasteiger partial charge is 0.200 e. The molecule has 0 spiro atoms. The van der Waals surface area contributed by atoms with Gasteiger partial charge in [0.05, 0.1) is 12.8 Å². The van der Waals surface area contributed by atoms with Crippen molar-refractivity contribution >= 4 is 11.5 Å². The average Bonchev–Trinajstić information content (AvgIpc) is 3.33. The van der Waals surface area contributed by atoms with Crippen LogP contribution in [0.1, 0.15) is 17.4 Å². The Morgan fingerprint density at radius 2 is 1.96 bits per heavy atom. The monoisotopic (exact) mass is 336 g/mol. The third-order valence-electron chi connectivity index (χ3n) is 3.86. The van der Waals surface area contributed by atoms with Crippen molar-refractivity contribution in [2.45, 2.75) is 12.6 Å². The predicted molar refractivity (Wildman–Crippen MR) is 89.7 cm³/mol. The molecule has 0 aliphatic heterocycles. The second kappa shape index (κ2) is 6.70. The first-order chi connectivity index (χ1) is 12.3. The number of anilines is 1. The van der Waals surface area contributed by atoms with Crippen molar-refractivity contribution in [3.63, 3.8) is 0 Å². The van der Waals surface area contributed by atoms with Crippen LogP contribution in [0.4, 0.5) is 5.82 Å². The Labute approximate surface area is 143 Å². The number of fused-ring (bicyclic) bond motifs is 1. The van der Waals surface area contributed by atoms with Gasteiger partial charge in [0, 0.05) is 6.54 Å². The summed E-state index contributed by atoms with van der Waals surface area (Å²) in [7, 11) is 0. The predicted octanol–water partition coefficient (Wildman–Crippen LogP) is 1.85. The molecule has 0 bridgehead atoms. The van der Waals surface area contributed by atoms with Crippen LogP contribution >= 0.6 is 0 Å². The summed E-state index contributed by atoms with van der Waals surface area (Å²) in [6.07, 6.45) is 0.774. The van der Waals surface area contributed by atoms with Gasteiger partial charge in [0.25, 0.3) is 0 Å². The third kappa shape index (κ3) is 3.33. The molecule has 3 heterocycles. The first-order valence-corrected chi connectivity index (χ1v) is 7.85. The molecule has 1 unspecified atom stereocenters. The fourth-order valence-electron chi connectivity index (χ4n) is 2.63. The summed E-state index contributed by atoms with van der Waals surface area (Å²) in [5.41, 5.74) is 1.67. The number of hydrogen-bond donors (Lipinski definition) is 1. The maximum absolute atomic E-state index is 10.5. The van der Waals surface area contributed by atoms with Gasteiger partial charge in [0.2, 0.25) is 0 Å². The van der Waals surface area contributed by atoms with Gasteiger partial charge >= 0.3 is 0 Å². The van der Waals surface area contributed by atoms with Gasteiger partial charge in [-0.3, -0.25) is 0 Å². The van der Waals surface area contributed by atoms with Crippen molar-refractivity contribution < 1.29 is 9.52 Å². The first-order valence-electron chi connectivity index (χ1n) is 7.85. The van der Waals surface area contributed by atoms with Crippen molar-refractivity contribution in [3.05, 3.63) is 72.2 Å². The number of tetrazole rings is 1. The number of rotatable bonds is 6. The molecule has 126 valence electrons. The van der Waals surface area contributed by atoms with Crippen molar-refractivity contribution in [3.8, 4) is 0 Å². The van der Waals surface area contributed by atoms with Crippen LogP contribution in [0.5, 0.6) is 0 Å². The fraction of sp³-hybridized carbons (Fsp3) is 0.176. The number of furan rings is 1. The Morgan fingerprint density at radius 1 is 1.08 bits per heavy atom. The van der Waals surface area contributed by atoms with Gasteiger partial charge < -0.3 is 14.4 Å². The maximum Gasteiger partial charge on any atom is 0.200 e. The Kier molecular flexibility index (Phi) is 4.09. The molecule has 0 aliphatic carbocycles. The minimum Gasteiger partial charge on any atom is -0.467 e. The van der Waals surface area contributed by atoms with Crippen molar-refractivity contribution in [1.82, 2.24) is 25.3 Å². The topological polar surface area (TPSA) is 92.6 Å². The number of aliphatic hydroxyl groups excluding tert-OH is 1. The molecule has 0 amide bonds. The lowest BCUT2D eigenvalue weighted by Gasteiger charge is -2.25. The standard InChI is InChI=1S/C17H16N6O2/c24-14(15-7-4-10-25-15)12-22(11-13-5-2-1-3-6-13)17-9-8-16-18-20-21-23(16)19-17/h1-10,14,24H,11-12H2. The number of aromatic nitrogens is 5. The highest BCUT2D eigenvalue weighted by molar-refractivity contribution is 5.45. The van der Waals surface area contributed by atoms with Crippen LogP contribution in [0.3, 0.4) is 0 Å². The third-order valence-corrected chi connectivity index (χ3v) is 3.86. The average molecular weight is 336 g/mol. The molecule has 1 atom stereocenters. The summed E-state index contributed by atoms with van der Waals surface area (Å²) in [5.74, 6) is 1.18. The normalized spacial score (nSPS) is 12.4. The molecule has 0 aliphatic rings. The second-order valence-electron chi connectivity index (χ2n) is 5.62. The minimum atomic E-state index is -0.773. The van der Waals surface area contributed by atoms with Gasteiger partial charge in [0.1, 0.15) is 11.9 Å². The minimum absolute atomic E-state index is 0.322. The Hall–Kier alpha value is -3.26. The number of hydrogen-bond acceptors (Lipinski definition) is 7. The van der Waals surface area contributed by atoms with Gasteiger partial charge in [-0.2, -0.15) is 0 Å². The molecule has 0 saturated heterocycles. The molecular weight excluding hydrogens is 320 g/mol. The van der Waals surface area contributed by atoms with E-state index >= 15 is 0 Å². The van der Waals surface area contributed by atoms with E-state index in [-0.39, 0.29) is 0 Å². The van der Waals surface area contributed by atoms with E-state index in [1.807, 2.05) is 41.3 Å². The highest BCUT2D eigenvalue weighted by atomic mass is 16.4. The summed E-state index contributed by atoms with van der Waals surface area (Å²) < 4.78 is 6.67. The maximum atomic E-state index is 10.5. The summed E-state index contributed by atoms with van der Waals surface area (Å²) >= 11 is 0. The zero-order valence-electron chi connectivity index (χ0n) is 13.3.